The first-order chi connectivity index (χ1) is 16.6. The Morgan fingerprint density at radius 3 is 2.60 bits per heavy atom. The Kier molecular flexibility index (Phi) is 7.51. The molecule has 9 nitrogen and oxygen atoms in total. The molecule has 4 atom stereocenters. The van der Waals surface area contributed by atoms with Gasteiger partial charge in [-0.25, -0.2) is 14.4 Å². The molecule has 3 heterocycles. The Bertz CT molecular complexity index is 1180. The monoisotopic (exact) mass is 504 g/mol. The highest BCUT2D eigenvalue weighted by molar-refractivity contribution is 7.21. The predicted molar refractivity (Wildman–Crippen MR) is 136 cm³/mol. The summed E-state index contributed by atoms with van der Waals surface area (Å²) in [6, 6.07) is 1.33. The third-order valence-corrected chi connectivity index (χ3v) is 7.45. The van der Waals surface area contributed by atoms with Crippen LogP contribution >= 0.6 is 11.3 Å². The smallest absolute Gasteiger partial charge is 0.224 e. The van der Waals surface area contributed by atoms with Gasteiger partial charge >= 0.3 is 0 Å². The van der Waals surface area contributed by atoms with Crippen LogP contribution in [0.15, 0.2) is 12.3 Å². The third-order valence-electron chi connectivity index (χ3n) is 6.41. The number of fused-ring (bicyclic) bond motifs is 1. The van der Waals surface area contributed by atoms with E-state index in [0.717, 1.165) is 15.9 Å². The van der Waals surface area contributed by atoms with E-state index >= 15 is 0 Å². The van der Waals surface area contributed by atoms with Crippen LogP contribution in [0.25, 0.3) is 20.8 Å². The topological polar surface area (TPSA) is 125 Å². The summed E-state index contributed by atoms with van der Waals surface area (Å²) in [6.45, 7) is 10.2. The van der Waals surface area contributed by atoms with Crippen molar-refractivity contribution in [3.63, 3.8) is 0 Å². The highest BCUT2D eigenvalue weighted by atomic mass is 32.1. The summed E-state index contributed by atoms with van der Waals surface area (Å²) >= 11 is 1.50. The fourth-order valence-electron chi connectivity index (χ4n) is 4.52. The number of nitrogens with one attached hydrogen (secondary N) is 2. The lowest BCUT2D eigenvalue weighted by molar-refractivity contribution is -0.0242. The van der Waals surface area contributed by atoms with E-state index in [2.05, 4.69) is 25.6 Å². The molecule has 0 aromatic carbocycles. The number of nitrogens with zero attached hydrogens (tertiary/aromatic N) is 4. The van der Waals surface area contributed by atoms with E-state index in [-0.39, 0.29) is 6.42 Å². The Morgan fingerprint density at radius 1 is 1.17 bits per heavy atom. The number of halogens is 1. The molecule has 0 amide bonds. The summed E-state index contributed by atoms with van der Waals surface area (Å²) < 4.78 is 21.1. The third kappa shape index (κ3) is 5.37. The Hall–Kier alpha value is -2.47. The van der Waals surface area contributed by atoms with Gasteiger partial charge in [-0.05, 0) is 47.1 Å². The molecule has 0 aliphatic heterocycles. The number of thiazole rings is 1. The summed E-state index contributed by atoms with van der Waals surface area (Å²) in [7, 11) is 0. The second-order valence-electron chi connectivity index (χ2n) is 9.38. The van der Waals surface area contributed by atoms with Crippen molar-refractivity contribution in [2.24, 2.45) is 5.92 Å². The van der Waals surface area contributed by atoms with Crippen molar-refractivity contribution >= 4 is 33.3 Å². The first kappa shape index (κ1) is 25.6. The molecule has 1 aliphatic carbocycles. The fraction of sp³-hybridized carbons (Fsp3) is 0.583. The molecular weight excluding hydrogens is 471 g/mol. The van der Waals surface area contributed by atoms with Gasteiger partial charge in [0.05, 0.1) is 40.4 Å². The number of aliphatic hydroxyl groups excluding tert-OH is 2. The van der Waals surface area contributed by atoms with E-state index in [9.17, 15) is 14.6 Å². The van der Waals surface area contributed by atoms with Crippen molar-refractivity contribution in [2.45, 2.75) is 65.0 Å². The lowest BCUT2D eigenvalue weighted by Gasteiger charge is -2.25. The normalized spacial score (nSPS) is 22.6. The number of aromatic nitrogens is 4. The molecule has 35 heavy (non-hydrogen) atoms. The second kappa shape index (κ2) is 10.3. The number of ether oxygens (including phenoxy) is 1. The summed E-state index contributed by atoms with van der Waals surface area (Å²) in [6.07, 6.45) is -0.319. The molecule has 1 aliphatic rings. The van der Waals surface area contributed by atoms with Gasteiger partial charge in [0.1, 0.15) is 28.1 Å². The van der Waals surface area contributed by atoms with Crippen LogP contribution in [0.5, 0.6) is 0 Å². The van der Waals surface area contributed by atoms with Crippen molar-refractivity contribution in [3.05, 3.63) is 23.7 Å². The van der Waals surface area contributed by atoms with E-state index in [4.69, 9.17) is 9.72 Å². The zero-order chi connectivity index (χ0) is 25.3. The van der Waals surface area contributed by atoms with Crippen LogP contribution < -0.4 is 10.6 Å². The number of rotatable bonds is 9. The molecule has 3 aromatic rings. The van der Waals surface area contributed by atoms with Gasteiger partial charge < -0.3 is 25.6 Å². The fourth-order valence-corrected chi connectivity index (χ4v) is 5.63. The molecule has 0 bridgehead atoms. The maximum absolute atomic E-state index is 14.7. The largest absolute Gasteiger partial charge is 0.390 e. The lowest BCUT2D eigenvalue weighted by Crippen LogP contribution is -2.38. The van der Waals surface area contributed by atoms with E-state index in [1.165, 1.54) is 25.2 Å². The van der Waals surface area contributed by atoms with Crippen molar-refractivity contribution in [3.8, 4) is 10.6 Å². The Morgan fingerprint density at radius 2 is 1.94 bits per heavy atom. The van der Waals surface area contributed by atoms with Crippen LogP contribution in [0.3, 0.4) is 0 Å². The van der Waals surface area contributed by atoms with Crippen molar-refractivity contribution in [2.75, 3.05) is 30.4 Å². The molecule has 0 radical (unpaired) electrons. The highest BCUT2D eigenvalue weighted by Gasteiger charge is 2.48. The average Bonchev–Trinajstić information content (AvgIpc) is 3.34. The molecule has 0 spiro atoms. The minimum Gasteiger partial charge on any atom is -0.390 e. The molecule has 1 saturated carbocycles. The van der Waals surface area contributed by atoms with E-state index in [1.54, 1.807) is 6.20 Å². The van der Waals surface area contributed by atoms with E-state index < -0.39 is 29.8 Å². The minimum atomic E-state index is -1.63. The summed E-state index contributed by atoms with van der Waals surface area (Å²) in [4.78, 5) is 18.5. The van der Waals surface area contributed by atoms with Crippen LogP contribution in [0.4, 0.5) is 16.2 Å². The van der Waals surface area contributed by atoms with Gasteiger partial charge in [0, 0.05) is 25.3 Å². The lowest BCUT2D eigenvalue weighted by atomic mass is 9.89. The van der Waals surface area contributed by atoms with Gasteiger partial charge in [0.25, 0.3) is 0 Å². The zero-order valence-corrected chi connectivity index (χ0v) is 21.5. The van der Waals surface area contributed by atoms with Crippen LogP contribution in [0.1, 0.15) is 38.6 Å². The second-order valence-corrected chi connectivity index (χ2v) is 10.4. The number of hydrogen-bond acceptors (Lipinski definition) is 10. The van der Waals surface area contributed by atoms with Crippen molar-refractivity contribution in [1.82, 2.24) is 19.9 Å². The molecule has 4 unspecified atom stereocenters. The SMILES string of the molecule is CCOCCNc1nc(C)c(-c2nc3c(C)nccc3s2)c(NC2CC(C(C)(C)F)C(O)C2O)n1. The number of aryl methyl sites for hydroxylation is 2. The minimum absolute atomic E-state index is 0.254. The summed E-state index contributed by atoms with van der Waals surface area (Å²) in [5.41, 5.74) is 1.40. The number of pyridine rings is 1. The Balaban J connectivity index is 1.72. The Labute approximate surface area is 208 Å². The molecule has 190 valence electrons. The standard InChI is InChI=1S/C24H33FN6O3S/c1-6-34-10-9-27-23-28-12(2)17(22-30-18-13(3)26-8-7-16(18)35-22)21(31-23)29-15-11-14(24(4,5)25)19(32)20(15)33/h7-8,14-15,19-20,32-33H,6,9-11H2,1-5H3,(H2,27,28,29,31). The number of anilines is 2. The number of aliphatic hydroxyl groups is 2. The maximum Gasteiger partial charge on any atom is 0.224 e. The molecule has 1 fully saturated rings. The molecule has 11 heteroatoms. The van der Waals surface area contributed by atoms with Crippen LogP contribution in [0.2, 0.25) is 0 Å². The first-order valence-corrected chi connectivity index (χ1v) is 12.7. The van der Waals surface area contributed by atoms with Crippen molar-refractivity contribution < 1.29 is 19.3 Å². The first-order valence-electron chi connectivity index (χ1n) is 11.8. The molecular formula is C24H33FN6O3S. The van der Waals surface area contributed by atoms with Crippen LogP contribution in [-0.4, -0.2) is 73.8 Å². The predicted octanol–water partition coefficient (Wildman–Crippen LogP) is 3.48. The van der Waals surface area contributed by atoms with Gasteiger partial charge in [0.2, 0.25) is 5.95 Å². The van der Waals surface area contributed by atoms with Gasteiger partial charge in [-0.2, -0.15) is 4.98 Å². The highest BCUT2D eigenvalue weighted by Crippen LogP contribution is 2.41. The number of alkyl halides is 1. The van der Waals surface area contributed by atoms with Crippen molar-refractivity contribution in [1.29, 1.82) is 0 Å². The molecule has 0 saturated heterocycles. The summed E-state index contributed by atoms with van der Waals surface area (Å²) in [5.74, 6) is 0.166. The maximum atomic E-state index is 14.7. The van der Waals surface area contributed by atoms with Gasteiger partial charge in [0.15, 0.2) is 0 Å². The molecule has 4 N–H and O–H groups in total. The molecule has 3 aromatic heterocycles. The van der Waals surface area contributed by atoms with Gasteiger partial charge in [-0.1, -0.05) is 0 Å². The molecule has 4 rings (SSSR count). The number of hydrogen-bond donors (Lipinski definition) is 4. The van der Waals surface area contributed by atoms with Gasteiger partial charge in [-0.15, -0.1) is 11.3 Å². The average molecular weight is 505 g/mol. The summed E-state index contributed by atoms with van der Waals surface area (Å²) in [5, 5.41) is 28.4. The zero-order valence-electron chi connectivity index (χ0n) is 20.7. The quantitative estimate of drug-likeness (QED) is 0.324. The van der Waals surface area contributed by atoms with E-state index in [1.807, 2.05) is 26.8 Å². The van der Waals surface area contributed by atoms with Crippen LogP contribution in [-0.2, 0) is 4.74 Å². The van der Waals surface area contributed by atoms with Gasteiger partial charge in [-0.3, -0.25) is 4.98 Å². The van der Waals surface area contributed by atoms with E-state index in [0.29, 0.717) is 47.8 Å². The van der Waals surface area contributed by atoms with Crippen LogP contribution in [0, 0.1) is 19.8 Å².